The van der Waals surface area contributed by atoms with Crippen LogP contribution in [0.3, 0.4) is 0 Å². The lowest BCUT2D eigenvalue weighted by atomic mass is 10.1. The standard InChI is InChI=1S/C8H14O5.C7H12O4/c1-8(2)12-5-4(3-9)11-7(10)6(5)13-8;1-7(2)10-4-3-9-6(8)5(4)11-7/h4-7,9-10H,3H2,1-2H3;4-6,8H,3H2,1-2H3/t4-,5-,6-,7-;4-,5-,6?/m10/s1. The molecule has 140 valence electrons. The molecule has 0 aromatic carbocycles. The van der Waals surface area contributed by atoms with Gasteiger partial charge in [-0.1, -0.05) is 0 Å². The molecular formula is C15H26O9. The third-order valence-corrected chi connectivity index (χ3v) is 4.24. The Hall–Kier alpha value is -0.360. The summed E-state index contributed by atoms with van der Waals surface area (Å²) in [6.45, 7) is 7.46. The van der Waals surface area contributed by atoms with Gasteiger partial charge in [0.1, 0.15) is 30.5 Å². The van der Waals surface area contributed by atoms with Gasteiger partial charge >= 0.3 is 0 Å². The summed E-state index contributed by atoms with van der Waals surface area (Å²) >= 11 is 0. The molecule has 4 saturated heterocycles. The van der Waals surface area contributed by atoms with E-state index in [2.05, 4.69) is 0 Å². The largest absolute Gasteiger partial charge is 0.394 e. The van der Waals surface area contributed by atoms with Crippen LogP contribution >= 0.6 is 0 Å². The summed E-state index contributed by atoms with van der Waals surface area (Å²) in [4.78, 5) is 0. The van der Waals surface area contributed by atoms with Crippen LogP contribution in [-0.2, 0) is 28.4 Å². The monoisotopic (exact) mass is 350 g/mol. The lowest BCUT2D eigenvalue weighted by molar-refractivity contribution is -0.223. The molecule has 4 aliphatic heterocycles. The first-order valence-electron chi connectivity index (χ1n) is 8.07. The SMILES string of the molecule is CC1(C)O[C@@H]2[C@H](O1)[C@@H](CO)O[C@H]2O.CC1(C)O[C@H]2COC(O)[C@H]2O1. The van der Waals surface area contributed by atoms with Gasteiger partial charge in [0.15, 0.2) is 24.2 Å². The molecule has 4 fully saturated rings. The normalized spacial score (nSPS) is 47.9. The summed E-state index contributed by atoms with van der Waals surface area (Å²) in [7, 11) is 0. The minimum Gasteiger partial charge on any atom is -0.394 e. The molecule has 4 rings (SSSR count). The van der Waals surface area contributed by atoms with Gasteiger partial charge in [-0.05, 0) is 27.7 Å². The second-order valence-electron chi connectivity index (χ2n) is 7.17. The second kappa shape index (κ2) is 6.42. The molecule has 4 heterocycles. The van der Waals surface area contributed by atoms with Gasteiger partial charge in [-0.3, -0.25) is 0 Å². The average molecular weight is 350 g/mol. The van der Waals surface area contributed by atoms with Crippen molar-refractivity contribution < 1.29 is 43.7 Å². The highest BCUT2D eigenvalue weighted by Crippen LogP contribution is 2.37. The van der Waals surface area contributed by atoms with Crippen LogP contribution in [-0.4, -0.2) is 83.2 Å². The summed E-state index contributed by atoms with van der Waals surface area (Å²) < 4.78 is 31.7. The van der Waals surface area contributed by atoms with Gasteiger partial charge in [-0.2, -0.15) is 0 Å². The van der Waals surface area contributed by atoms with Crippen LogP contribution in [0.4, 0.5) is 0 Å². The smallest absolute Gasteiger partial charge is 0.184 e. The van der Waals surface area contributed by atoms with Crippen molar-refractivity contribution in [3.8, 4) is 0 Å². The zero-order valence-electron chi connectivity index (χ0n) is 14.2. The van der Waals surface area contributed by atoms with Crippen LogP contribution in [0, 0.1) is 0 Å². The van der Waals surface area contributed by atoms with Gasteiger partial charge in [0.25, 0.3) is 0 Å². The van der Waals surface area contributed by atoms with Crippen molar-refractivity contribution in [3.05, 3.63) is 0 Å². The maximum atomic E-state index is 9.39. The Morgan fingerprint density at radius 1 is 0.833 bits per heavy atom. The number of aliphatic hydroxyl groups is 3. The molecule has 0 spiro atoms. The first-order chi connectivity index (χ1) is 11.1. The van der Waals surface area contributed by atoms with Crippen LogP contribution in [0.1, 0.15) is 27.7 Å². The Morgan fingerprint density at radius 2 is 1.42 bits per heavy atom. The van der Waals surface area contributed by atoms with E-state index in [0.29, 0.717) is 6.61 Å². The molecule has 0 aliphatic carbocycles. The van der Waals surface area contributed by atoms with Gasteiger partial charge in [-0.15, -0.1) is 0 Å². The maximum absolute atomic E-state index is 9.39. The average Bonchev–Trinajstić information content (AvgIpc) is 3.14. The quantitative estimate of drug-likeness (QED) is 0.551. The Bertz CT molecular complexity index is 454. The van der Waals surface area contributed by atoms with Crippen molar-refractivity contribution in [2.75, 3.05) is 13.2 Å². The third-order valence-electron chi connectivity index (χ3n) is 4.24. The predicted molar refractivity (Wildman–Crippen MR) is 77.6 cm³/mol. The number of aliphatic hydroxyl groups excluding tert-OH is 3. The molecule has 9 nitrogen and oxygen atoms in total. The molecule has 0 aromatic heterocycles. The molecule has 1 unspecified atom stereocenters. The van der Waals surface area contributed by atoms with Gasteiger partial charge in [-0.25, -0.2) is 0 Å². The van der Waals surface area contributed by atoms with E-state index in [0.717, 1.165) is 0 Å². The van der Waals surface area contributed by atoms with Crippen LogP contribution in [0.25, 0.3) is 0 Å². The third kappa shape index (κ3) is 3.59. The van der Waals surface area contributed by atoms with Crippen LogP contribution in [0.2, 0.25) is 0 Å². The summed E-state index contributed by atoms with van der Waals surface area (Å²) in [6, 6.07) is 0. The molecule has 3 N–H and O–H groups in total. The van der Waals surface area contributed by atoms with Crippen molar-refractivity contribution in [1.82, 2.24) is 0 Å². The van der Waals surface area contributed by atoms with E-state index in [1.54, 1.807) is 13.8 Å². The fraction of sp³-hybridized carbons (Fsp3) is 1.00. The molecule has 0 aromatic rings. The topological polar surface area (TPSA) is 116 Å². The van der Waals surface area contributed by atoms with Gasteiger partial charge in [0.2, 0.25) is 0 Å². The van der Waals surface area contributed by atoms with Crippen LogP contribution in [0.15, 0.2) is 0 Å². The maximum Gasteiger partial charge on any atom is 0.184 e. The molecule has 0 radical (unpaired) electrons. The summed E-state index contributed by atoms with van der Waals surface area (Å²) in [5, 5.41) is 27.5. The van der Waals surface area contributed by atoms with Crippen LogP contribution < -0.4 is 0 Å². The second-order valence-corrected chi connectivity index (χ2v) is 7.17. The van der Waals surface area contributed by atoms with Crippen LogP contribution in [0.5, 0.6) is 0 Å². The lowest BCUT2D eigenvalue weighted by Gasteiger charge is -2.21. The zero-order valence-corrected chi connectivity index (χ0v) is 14.2. The number of fused-ring (bicyclic) bond motifs is 2. The Kier molecular flexibility index (Phi) is 4.93. The number of hydrogen-bond acceptors (Lipinski definition) is 9. The number of hydrogen-bond donors (Lipinski definition) is 3. The van der Waals surface area contributed by atoms with E-state index in [4.69, 9.17) is 33.5 Å². The minimum absolute atomic E-state index is 0.0972. The Morgan fingerprint density at radius 3 is 2.04 bits per heavy atom. The molecule has 0 amide bonds. The molecule has 24 heavy (non-hydrogen) atoms. The summed E-state index contributed by atoms with van der Waals surface area (Å²) in [5.74, 6) is -1.27. The fourth-order valence-corrected chi connectivity index (χ4v) is 3.33. The van der Waals surface area contributed by atoms with Crippen molar-refractivity contribution in [2.24, 2.45) is 0 Å². The minimum atomic E-state index is -0.996. The first kappa shape index (κ1) is 18.4. The van der Waals surface area contributed by atoms with Gasteiger partial charge in [0, 0.05) is 0 Å². The summed E-state index contributed by atoms with van der Waals surface area (Å²) in [5.41, 5.74) is 0. The molecule has 7 atom stereocenters. The summed E-state index contributed by atoms with van der Waals surface area (Å²) in [6.07, 6.45) is -3.54. The van der Waals surface area contributed by atoms with E-state index >= 15 is 0 Å². The molecule has 4 aliphatic rings. The van der Waals surface area contributed by atoms with Gasteiger partial charge < -0.3 is 43.7 Å². The fourth-order valence-electron chi connectivity index (χ4n) is 3.33. The highest BCUT2D eigenvalue weighted by molar-refractivity contribution is 4.94. The van der Waals surface area contributed by atoms with E-state index in [9.17, 15) is 10.2 Å². The highest BCUT2D eigenvalue weighted by atomic mass is 16.8. The first-order valence-corrected chi connectivity index (χ1v) is 8.07. The molecule has 9 heteroatoms. The van der Waals surface area contributed by atoms with E-state index < -0.39 is 36.4 Å². The van der Waals surface area contributed by atoms with E-state index in [-0.39, 0.29) is 24.9 Å². The number of rotatable bonds is 1. The molecule has 0 bridgehead atoms. The van der Waals surface area contributed by atoms with E-state index in [1.165, 1.54) is 0 Å². The zero-order chi connectivity index (χ0) is 17.7. The highest BCUT2D eigenvalue weighted by Gasteiger charge is 2.54. The van der Waals surface area contributed by atoms with Crippen molar-refractivity contribution in [3.63, 3.8) is 0 Å². The number of ether oxygens (including phenoxy) is 6. The predicted octanol–water partition coefficient (Wildman–Crippen LogP) is -0.929. The van der Waals surface area contributed by atoms with Crippen molar-refractivity contribution in [1.29, 1.82) is 0 Å². The van der Waals surface area contributed by atoms with Gasteiger partial charge in [0.05, 0.1) is 13.2 Å². The van der Waals surface area contributed by atoms with E-state index in [1.807, 2.05) is 13.8 Å². The Balaban J connectivity index is 0.000000143. The Labute approximate surface area is 140 Å². The molecular weight excluding hydrogens is 324 g/mol. The van der Waals surface area contributed by atoms with Crippen molar-refractivity contribution in [2.45, 2.75) is 82.4 Å². The van der Waals surface area contributed by atoms with Crippen molar-refractivity contribution >= 4 is 0 Å². The molecule has 0 saturated carbocycles. The lowest BCUT2D eigenvalue weighted by Crippen LogP contribution is -2.31.